The summed E-state index contributed by atoms with van der Waals surface area (Å²) in [5, 5.41) is 14.6. The van der Waals surface area contributed by atoms with Crippen LogP contribution in [0, 0.1) is 18.3 Å². The molecule has 4 aromatic rings. The fourth-order valence-corrected chi connectivity index (χ4v) is 3.13. The van der Waals surface area contributed by atoms with Crippen LogP contribution in [0.15, 0.2) is 47.1 Å². The van der Waals surface area contributed by atoms with Crippen LogP contribution < -0.4 is 0 Å². The summed E-state index contributed by atoms with van der Waals surface area (Å²) in [7, 11) is 0. The van der Waals surface area contributed by atoms with Gasteiger partial charge >= 0.3 is 0 Å². The Morgan fingerprint density at radius 1 is 1.23 bits per heavy atom. The van der Waals surface area contributed by atoms with Crippen molar-refractivity contribution in [1.29, 1.82) is 5.26 Å². The molecule has 3 aromatic heterocycles. The number of hydrogen-bond donors (Lipinski definition) is 0. The minimum Gasteiger partial charge on any atom is -0.462 e. The molecule has 0 unspecified atom stereocenters. The molecule has 0 fully saturated rings. The number of aromatic nitrogens is 3. The summed E-state index contributed by atoms with van der Waals surface area (Å²) in [6.07, 6.45) is 1.60. The van der Waals surface area contributed by atoms with Crippen LogP contribution in [-0.2, 0) is 0 Å². The molecule has 0 spiro atoms. The second-order valence-electron chi connectivity index (χ2n) is 4.87. The molecular weight excluding hydrogens is 296 g/mol. The molecule has 5 nitrogen and oxygen atoms in total. The van der Waals surface area contributed by atoms with E-state index >= 15 is 0 Å². The van der Waals surface area contributed by atoms with Gasteiger partial charge in [0.25, 0.3) is 0 Å². The zero-order valence-electron chi connectivity index (χ0n) is 11.6. The van der Waals surface area contributed by atoms with E-state index in [-0.39, 0.29) is 0 Å². The molecule has 0 aliphatic carbocycles. The van der Waals surface area contributed by atoms with Gasteiger partial charge in [0.2, 0.25) is 4.96 Å². The SMILES string of the molecule is Cc1ccc(-c2nc3sc(-c4ccco4)nn3c2C#N)cc1. The van der Waals surface area contributed by atoms with Gasteiger partial charge in [-0.25, -0.2) is 4.98 Å². The highest BCUT2D eigenvalue weighted by Gasteiger charge is 2.19. The van der Waals surface area contributed by atoms with Crippen molar-refractivity contribution < 1.29 is 4.42 Å². The number of nitrogens with zero attached hydrogens (tertiary/aromatic N) is 4. The summed E-state index contributed by atoms with van der Waals surface area (Å²) >= 11 is 1.40. The molecule has 1 aromatic carbocycles. The van der Waals surface area contributed by atoms with E-state index in [2.05, 4.69) is 16.2 Å². The monoisotopic (exact) mass is 306 g/mol. The average molecular weight is 306 g/mol. The molecule has 0 radical (unpaired) electrons. The highest BCUT2D eigenvalue weighted by atomic mass is 32.1. The van der Waals surface area contributed by atoms with E-state index in [0.717, 1.165) is 5.56 Å². The standard InChI is InChI=1S/C16H10N4OS/c1-10-4-6-11(7-5-10)14-12(9-17)20-16(18-14)22-15(19-20)13-3-2-8-21-13/h2-8H,1H3. The van der Waals surface area contributed by atoms with Crippen LogP contribution in [-0.4, -0.2) is 14.6 Å². The van der Waals surface area contributed by atoms with Gasteiger partial charge in [0.15, 0.2) is 16.5 Å². The fraction of sp³-hybridized carbons (Fsp3) is 0.0625. The molecule has 6 heteroatoms. The maximum Gasteiger partial charge on any atom is 0.214 e. The van der Waals surface area contributed by atoms with Gasteiger partial charge in [-0.2, -0.15) is 9.78 Å². The molecule has 0 saturated heterocycles. The molecule has 4 rings (SSSR count). The maximum absolute atomic E-state index is 9.49. The van der Waals surface area contributed by atoms with Gasteiger partial charge in [-0.05, 0) is 19.1 Å². The molecule has 0 aliphatic heterocycles. The quantitative estimate of drug-likeness (QED) is 0.563. The normalized spacial score (nSPS) is 10.9. The summed E-state index contributed by atoms with van der Waals surface area (Å²) in [5.41, 5.74) is 3.18. The van der Waals surface area contributed by atoms with E-state index in [1.54, 1.807) is 10.8 Å². The first kappa shape index (κ1) is 12.8. The third kappa shape index (κ3) is 1.91. The van der Waals surface area contributed by atoms with Crippen molar-refractivity contribution in [2.24, 2.45) is 0 Å². The number of fused-ring (bicyclic) bond motifs is 1. The Morgan fingerprint density at radius 2 is 2.05 bits per heavy atom. The molecule has 0 saturated carbocycles. The molecule has 106 valence electrons. The Kier molecular flexibility index (Phi) is 2.81. The third-order valence-electron chi connectivity index (χ3n) is 3.37. The smallest absolute Gasteiger partial charge is 0.214 e. The van der Waals surface area contributed by atoms with Crippen LogP contribution in [0.2, 0.25) is 0 Å². The molecule has 0 bridgehead atoms. The van der Waals surface area contributed by atoms with Crippen molar-refractivity contribution >= 4 is 16.3 Å². The lowest BCUT2D eigenvalue weighted by molar-refractivity contribution is 0.580. The predicted molar refractivity (Wildman–Crippen MR) is 83.5 cm³/mol. The summed E-state index contributed by atoms with van der Waals surface area (Å²) in [4.78, 5) is 5.25. The van der Waals surface area contributed by atoms with Crippen LogP contribution in [0.4, 0.5) is 0 Å². The van der Waals surface area contributed by atoms with Crippen molar-refractivity contribution in [3.63, 3.8) is 0 Å². The van der Waals surface area contributed by atoms with Gasteiger partial charge in [-0.15, -0.1) is 5.10 Å². The number of nitriles is 1. The minimum atomic E-state index is 0.438. The Morgan fingerprint density at radius 3 is 2.73 bits per heavy atom. The zero-order valence-corrected chi connectivity index (χ0v) is 12.5. The first-order valence-corrected chi connectivity index (χ1v) is 7.48. The second-order valence-corrected chi connectivity index (χ2v) is 5.82. The Hall–Kier alpha value is -2.91. The van der Waals surface area contributed by atoms with Crippen molar-refractivity contribution in [2.45, 2.75) is 6.92 Å². The highest BCUT2D eigenvalue weighted by Crippen LogP contribution is 2.30. The van der Waals surface area contributed by atoms with Crippen LogP contribution in [0.5, 0.6) is 0 Å². The topological polar surface area (TPSA) is 67.1 Å². The average Bonchev–Trinajstić information content (AvgIpc) is 3.22. The van der Waals surface area contributed by atoms with E-state index in [0.29, 0.717) is 27.1 Å². The highest BCUT2D eigenvalue weighted by molar-refractivity contribution is 7.19. The predicted octanol–water partition coefficient (Wildman–Crippen LogP) is 3.90. The summed E-state index contributed by atoms with van der Waals surface area (Å²) in [5.74, 6) is 0.677. The molecule has 0 N–H and O–H groups in total. The lowest BCUT2D eigenvalue weighted by Crippen LogP contribution is -1.90. The van der Waals surface area contributed by atoms with Gasteiger partial charge in [-0.3, -0.25) is 0 Å². The maximum atomic E-state index is 9.49. The molecule has 0 amide bonds. The van der Waals surface area contributed by atoms with Crippen molar-refractivity contribution in [3.8, 4) is 28.1 Å². The summed E-state index contributed by atoms with van der Waals surface area (Å²) in [6.45, 7) is 2.03. The lowest BCUT2D eigenvalue weighted by Gasteiger charge is -1.98. The van der Waals surface area contributed by atoms with Crippen molar-refractivity contribution in [2.75, 3.05) is 0 Å². The summed E-state index contributed by atoms with van der Waals surface area (Å²) < 4.78 is 6.93. The lowest BCUT2D eigenvalue weighted by atomic mass is 10.1. The number of rotatable bonds is 2. The largest absolute Gasteiger partial charge is 0.462 e. The molecule has 22 heavy (non-hydrogen) atoms. The van der Waals surface area contributed by atoms with E-state index < -0.39 is 0 Å². The number of hydrogen-bond acceptors (Lipinski definition) is 5. The Labute approximate surface area is 130 Å². The molecule has 0 aliphatic rings. The number of furan rings is 1. The van der Waals surface area contributed by atoms with Crippen LogP contribution >= 0.6 is 11.3 Å². The van der Waals surface area contributed by atoms with E-state index in [9.17, 15) is 5.26 Å². The van der Waals surface area contributed by atoms with Crippen LogP contribution in [0.1, 0.15) is 11.3 Å². The van der Waals surface area contributed by atoms with Gasteiger partial charge < -0.3 is 4.42 Å². The van der Waals surface area contributed by atoms with E-state index in [1.807, 2.05) is 43.3 Å². The zero-order chi connectivity index (χ0) is 15.1. The van der Waals surface area contributed by atoms with E-state index in [4.69, 9.17) is 4.42 Å². The van der Waals surface area contributed by atoms with Crippen molar-refractivity contribution in [1.82, 2.24) is 14.6 Å². The Bertz CT molecular complexity index is 988. The molecule has 0 atom stereocenters. The minimum absolute atomic E-state index is 0.438. The fourth-order valence-electron chi connectivity index (χ4n) is 2.26. The van der Waals surface area contributed by atoms with Crippen molar-refractivity contribution in [3.05, 3.63) is 53.9 Å². The third-order valence-corrected chi connectivity index (χ3v) is 4.29. The van der Waals surface area contributed by atoms with Gasteiger partial charge in [0.1, 0.15) is 11.8 Å². The van der Waals surface area contributed by atoms with Gasteiger partial charge in [-0.1, -0.05) is 41.2 Å². The first-order chi connectivity index (χ1) is 10.8. The van der Waals surface area contributed by atoms with Gasteiger partial charge in [0, 0.05) is 5.56 Å². The first-order valence-electron chi connectivity index (χ1n) is 6.67. The summed E-state index contributed by atoms with van der Waals surface area (Å²) in [6, 6.07) is 13.8. The van der Waals surface area contributed by atoms with E-state index in [1.165, 1.54) is 16.9 Å². The van der Waals surface area contributed by atoms with Gasteiger partial charge in [0.05, 0.1) is 6.26 Å². The number of aryl methyl sites for hydroxylation is 1. The number of benzene rings is 1. The van der Waals surface area contributed by atoms with Crippen LogP contribution in [0.3, 0.4) is 0 Å². The second kappa shape index (κ2) is 4.83. The number of imidazole rings is 1. The van der Waals surface area contributed by atoms with Crippen LogP contribution in [0.25, 0.3) is 27.0 Å². The molecular formula is C16H10N4OS. The Balaban J connectivity index is 1.89. The molecule has 3 heterocycles.